The number of benzene rings is 1. The fourth-order valence-corrected chi connectivity index (χ4v) is 4.21. The molecule has 33 heavy (non-hydrogen) atoms. The molecule has 2 aromatic heterocycles. The molecule has 0 aliphatic heterocycles. The van der Waals surface area contributed by atoms with Gasteiger partial charge in [0, 0.05) is 18.3 Å². The molecule has 0 saturated heterocycles. The highest BCUT2D eigenvalue weighted by molar-refractivity contribution is 7.13. The standard InChI is InChI=1S/C23H21F3N4O2S/c1-14-29-30-22(33-14)21(31)28-18-6-2-4-15(11-18)10-16-5-3-7-19(12-16)32-20-9-8-17(13-27-20)23(24,25)26/h3,5,7-10,12-13,18H,2,4,6,11H2,1H3,(H,28,31). The zero-order valence-corrected chi connectivity index (χ0v) is 18.5. The Morgan fingerprint density at radius 2 is 2.09 bits per heavy atom. The summed E-state index contributed by atoms with van der Waals surface area (Å²) in [6, 6.07) is 9.42. The maximum Gasteiger partial charge on any atom is 0.417 e. The van der Waals surface area contributed by atoms with Gasteiger partial charge in [0.1, 0.15) is 10.8 Å². The van der Waals surface area contributed by atoms with E-state index in [0.29, 0.717) is 10.8 Å². The number of aromatic nitrogens is 3. The molecule has 4 rings (SSSR count). The Morgan fingerprint density at radius 3 is 2.79 bits per heavy atom. The van der Waals surface area contributed by atoms with E-state index in [0.717, 1.165) is 48.5 Å². The zero-order valence-electron chi connectivity index (χ0n) is 17.7. The maximum absolute atomic E-state index is 12.7. The van der Waals surface area contributed by atoms with Crippen molar-refractivity contribution in [2.75, 3.05) is 0 Å². The Labute approximate surface area is 192 Å². The highest BCUT2D eigenvalue weighted by Crippen LogP contribution is 2.31. The van der Waals surface area contributed by atoms with Crippen LogP contribution in [0.2, 0.25) is 0 Å². The zero-order chi connectivity index (χ0) is 23.4. The number of hydrogen-bond donors (Lipinski definition) is 1. The Kier molecular flexibility index (Phi) is 6.73. The molecule has 1 aromatic carbocycles. The molecule has 1 aliphatic carbocycles. The average molecular weight is 475 g/mol. The number of halogens is 3. The molecular formula is C23H21F3N4O2S. The SMILES string of the molecule is Cc1nnc(C(=O)NC2CCCC(=Cc3cccc(Oc4ccc(C(F)(F)F)cn4)c3)C2)s1. The van der Waals surface area contributed by atoms with Gasteiger partial charge in [-0.1, -0.05) is 35.1 Å². The van der Waals surface area contributed by atoms with Gasteiger partial charge in [0.15, 0.2) is 0 Å². The third-order valence-corrected chi connectivity index (χ3v) is 5.97. The summed E-state index contributed by atoms with van der Waals surface area (Å²) in [7, 11) is 0. The van der Waals surface area contributed by atoms with Crippen LogP contribution < -0.4 is 10.1 Å². The predicted octanol–water partition coefficient (Wildman–Crippen LogP) is 5.81. The number of aryl methyl sites for hydroxylation is 1. The van der Waals surface area contributed by atoms with Crippen LogP contribution in [0.4, 0.5) is 13.2 Å². The van der Waals surface area contributed by atoms with Gasteiger partial charge >= 0.3 is 6.18 Å². The molecule has 1 atom stereocenters. The molecule has 1 amide bonds. The Hall–Kier alpha value is -3.27. The minimum Gasteiger partial charge on any atom is -0.439 e. The van der Waals surface area contributed by atoms with Gasteiger partial charge in [0.2, 0.25) is 10.9 Å². The lowest BCUT2D eigenvalue weighted by Crippen LogP contribution is -2.36. The molecule has 1 N–H and O–H groups in total. The lowest BCUT2D eigenvalue weighted by atomic mass is 9.89. The summed E-state index contributed by atoms with van der Waals surface area (Å²) < 4.78 is 43.7. The minimum atomic E-state index is -4.44. The minimum absolute atomic E-state index is 0.0254. The van der Waals surface area contributed by atoms with Gasteiger partial charge in [0.25, 0.3) is 5.91 Å². The number of pyridine rings is 1. The lowest BCUT2D eigenvalue weighted by molar-refractivity contribution is -0.137. The third kappa shape index (κ3) is 6.16. The second-order valence-electron chi connectivity index (χ2n) is 7.75. The van der Waals surface area contributed by atoms with Crippen molar-refractivity contribution < 1.29 is 22.7 Å². The van der Waals surface area contributed by atoms with E-state index in [1.54, 1.807) is 19.1 Å². The van der Waals surface area contributed by atoms with Crippen molar-refractivity contribution in [1.82, 2.24) is 20.5 Å². The van der Waals surface area contributed by atoms with Gasteiger partial charge < -0.3 is 10.1 Å². The fraction of sp³-hybridized carbons (Fsp3) is 0.304. The number of carbonyl (C=O) groups is 1. The lowest BCUT2D eigenvalue weighted by Gasteiger charge is -2.25. The van der Waals surface area contributed by atoms with Gasteiger partial charge in [-0.15, -0.1) is 10.2 Å². The van der Waals surface area contributed by atoms with Gasteiger partial charge in [-0.2, -0.15) is 13.2 Å². The molecule has 1 saturated carbocycles. The highest BCUT2D eigenvalue weighted by Gasteiger charge is 2.30. The molecule has 0 spiro atoms. The van der Waals surface area contributed by atoms with Crippen LogP contribution in [0.5, 0.6) is 11.6 Å². The highest BCUT2D eigenvalue weighted by atomic mass is 32.1. The summed E-state index contributed by atoms with van der Waals surface area (Å²) >= 11 is 1.27. The summed E-state index contributed by atoms with van der Waals surface area (Å²) in [6.07, 6.45) is 1.87. The van der Waals surface area contributed by atoms with Crippen molar-refractivity contribution in [3.8, 4) is 11.6 Å². The maximum atomic E-state index is 12.7. The molecule has 2 heterocycles. The number of hydrogen-bond acceptors (Lipinski definition) is 6. The third-order valence-electron chi connectivity index (χ3n) is 5.13. The number of carbonyl (C=O) groups excluding carboxylic acids is 1. The van der Waals surface area contributed by atoms with Crippen molar-refractivity contribution >= 4 is 23.3 Å². The number of nitrogens with zero attached hydrogens (tertiary/aromatic N) is 3. The number of ether oxygens (including phenoxy) is 1. The van der Waals surface area contributed by atoms with E-state index in [1.807, 2.05) is 12.1 Å². The van der Waals surface area contributed by atoms with E-state index in [4.69, 9.17) is 4.74 Å². The van der Waals surface area contributed by atoms with Gasteiger partial charge in [-0.3, -0.25) is 4.79 Å². The monoisotopic (exact) mass is 474 g/mol. The first kappa shape index (κ1) is 22.9. The van der Waals surface area contributed by atoms with E-state index in [1.165, 1.54) is 23.0 Å². The molecule has 1 aliphatic rings. The van der Waals surface area contributed by atoms with Gasteiger partial charge in [-0.25, -0.2) is 4.98 Å². The number of rotatable bonds is 5. The smallest absolute Gasteiger partial charge is 0.417 e. The Bertz CT molecular complexity index is 1160. The van der Waals surface area contributed by atoms with Crippen LogP contribution in [-0.4, -0.2) is 27.1 Å². The normalized spacial score (nSPS) is 17.7. The quantitative estimate of drug-likeness (QED) is 0.505. The first-order valence-electron chi connectivity index (χ1n) is 10.4. The molecule has 3 aromatic rings. The summed E-state index contributed by atoms with van der Waals surface area (Å²) in [4.78, 5) is 16.1. The first-order chi connectivity index (χ1) is 15.8. The van der Waals surface area contributed by atoms with E-state index < -0.39 is 11.7 Å². The Morgan fingerprint density at radius 1 is 1.24 bits per heavy atom. The van der Waals surface area contributed by atoms with Crippen LogP contribution in [0.15, 0.2) is 48.2 Å². The molecule has 10 heteroatoms. The second kappa shape index (κ2) is 9.70. The summed E-state index contributed by atoms with van der Waals surface area (Å²) in [6.45, 7) is 1.81. The Balaban J connectivity index is 1.40. The largest absolute Gasteiger partial charge is 0.439 e. The van der Waals surface area contributed by atoms with Crippen molar-refractivity contribution in [2.45, 2.75) is 44.8 Å². The fourth-order valence-electron chi connectivity index (χ4n) is 3.62. The van der Waals surface area contributed by atoms with Gasteiger partial charge in [-0.05, 0) is 56.4 Å². The van der Waals surface area contributed by atoms with E-state index in [2.05, 4.69) is 26.6 Å². The van der Waals surface area contributed by atoms with Crippen LogP contribution in [0.1, 0.15) is 51.6 Å². The first-order valence-corrected chi connectivity index (χ1v) is 11.2. The number of nitrogens with one attached hydrogen (secondary N) is 1. The predicted molar refractivity (Wildman–Crippen MR) is 118 cm³/mol. The molecular weight excluding hydrogens is 453 g/mol. The number of amides is 1. The number of alkyl halides is 3. The van der Waals surface area contributed by atoms with E-state index in [9.17, 15) is 18.0 Å². The van der Waals surface area contributed by atoms with Crippen LogP contribution in [0.3, 0.4) is 0 Å². The molecule has 6 nitrogen and oxygen atoms in total. The second-order valence-corrected chi connectivity index (χ2v) is 8.93. The van der Waals surface area contributed by atoms with Crippen LogP contribution in [0, 0.1) is 6.92 Å². The summed E-state index contributed by atoms with van der Waals surface area (Å²) in [5.41, 5.74) is 1.28. The van der Waals surface area contributed by atoms with Crippen molar-refractivity contribution in [1.29, 1.82) is 0 Å². The molecule has 1 fully saturated rings. The van der Waals surface area contributed by atoms with Crippen molar-refractivity contribution in [2.24, 2.45) is 0 Å². The van der Waals surface area contributed by atoms with Crippen molar-refractivity contribution in [3.63, 3.8) is 0 Å². The molecule has 1 unspecified atom stereocenters. The van der Waals surface area contributed by atoms with Crippen LogP contribution in [-0.2, 0) is 6.18 Å². The molecule has 0 radical (unpaired) electrons. The van der Waals surface area contributed by atoms with Gasteiger partial charge in [0.05, 0.1) is 5.56 Å². The topological polar surface area (TPSA) is 77.0 Å². The van der Waals surface area contributed by atoms with E-state index >= 15 is 0 Å². The summed E-state index contributed by atoms with van der Waals surface area (Å²) in [5, 5.41) is 11.9. The van der Waals surface area contributed by atoms with Crippen LogP contribution >= 0.6 is 11.3 Å². The molecule has 0 bridgehead atoms. The average Bonchev–Trinajstić information content (AvgIpc) is 3.21. The molecule has 172 valence electrons. The van der Waals surface area contributed by atoms with Crippen LogP contribution in [0.25, 0.3) is 6.08 Å². The van der Waals surface area contributed by atoms with Crippen molar-refractivity contribution in [3.05, 3.63) is 69.3 Å². The van der Waals surface area contributed by atoms with E-state index in [-0.39, 0.29) is 17.8 Å². The summed E-state index contributed by atoms with van der Waals surface area (Å²) in [5.74, 6) is 0.357.